The zero-order valence-electron chi connectivity index (χ0n) is 7.61. The highest BCUT2D eigenvalue weighted by atomic mass is 14.9. The van der Waals surface area contributed by atoms with Crippen LogP contribution in [0.3, 0.4) is 0 Å². The van der Waals surface area contributed by atoms with Gasteiger partial charge in [-0.05, 0) is 24.5 Å². The molecule has 2 rings (SSSR count). The maximum atomic E-state index is 5.99. The fourth-order valence-electron chi connectivity index (χ4n) is 1.51. The molecular formula is C10H15N3. The van der Waals surface area contributed by atoms with Crippen LogP contribution in [0.5, 0.6) is 0 Å². The van der Waals surface area contributed by atoms with Crippen LogP contribution in [-0.4, -0.2) is 4.98 Å². The SMILES string of the molecule is Nc1cccc([C@@H](N)CC2CC2)n1. The van der Waals surface area contributed by atoms with Crippen molar-refractivity contribution in [2.45, 2.75) is 25.3 Å². The van der Waals surface area contributed by atoms with Crippen LogP contribution in [0.2, 0.25) is 0 Å². The van der Waals surface area contributed by atoms with Crippen molar-refractivity contribution in [1.29, 1.82) is 0 Å². The number of nitrogen functional groups attached to an aromatic ring is 1. The average molecular weight is 177 g/mol. The number of hydrogen-bond acceptors (Lipinski definition) is 3. The minimum atomic E-state index is 0.0657. The maximum Gasteiger partial charge on any atom is 0.123 e. The normalized spacial score (nSPS) is 18.5. The van der Waals surface area contributed by atoms with Gasteiger partial charge in [-0.15, -0.1) is 0 Å². The Balaban J connectivity index is 2.04. The summed E-state index contributed by atoms with van der Waals surface area (Å²) in [6.45, 7) is 0. The molecule has 1 aliphatic carbocycles. The molecule has 0 bridgehead atoms. The Kier molecular flexibility index (Phi) is 2.19. The molecule has 3 nitrogen and oxygen atoms in total. The number of aromatic nitrogens is 1. The van der Waals surface area contributed by atoms with Gasteiger partial charge in [0.1, 0.15) is 5.82 Å². The summed E-state index contributed by atoms with van der Waals surface area (Å²) in [5, 5.41) is 0. The molecule has 13 heavy (non-hydrogen) atoms. The largest absolute Gasteiger partial charge is 0.384 e. The van der Waals surface area contributed by atoms with Crippen LogP contribution in [0.4, 0.5) is 5.82 Å². The molecule has 3 heteroatoms. The number of nitrogens with two attached hydrogens (primary N) is 2. The van der Waals surface area contributed by atoms with Gasteiger partial charge in [0, 0.05) is 6.04 Å². The van der Waals surface area contributed by atoms with E-state index in [0.29, 0.717) is 5.82 Å². The molecule has 0 spiro atoms. The molecule has 0 unspecified atom stereocenters. The van der Waals surface area contributed by atoms with Gasteiger partial charge in [0.2, 0.25) is 0 Å². The molecule has 4 N–H and O–H groups in total. The number of anilines is 1. The zero-order chi connectivity index (χ0) is 9.26. The van der Waals surface area contributed by atoms with E-state index >= 15 is 0 Å². The highest BCUT2D eigenvalue weighted by Crippen LogP contribution is 2.36. The summed E-state index contributed by atoms with van der Waals surface area (Å²) in [6, 6.07) is 5.71. The lowest BCUT2D eigenvalue weighted by molar-refractivity contribution is 0.584. The molecule has 1 fully saturated rings. The van der Waals surface area contributed by atoms with E-state index in [2.05, 4.69) is 4.98 Å². The van der Waals surface area contributed by atoms with Crippen LogP contribution in [0, 0.1) is 5.92 Å². The van der Waals surface area contributed by atoms with Crippen LogP contribution in [0.1, 0.15) is 31.0 Å². The van der Waals surface area contributed by atoms with Gasteiger partial charge < -0.3 is 11.5 Å². The second kappa shape index (κ2) is 3.34. The van der Waals surface area contributed by atoms with Gasteiger partial charge in [-0.1, -0.05) is 18.9 Å². The minimum absolute atomic E-state index is 0.0657. The molecule has 0 radical (unpaired) electrons. The summed E-state index contributed by atoms with van der Waals surface area (Å²) in [5.41, 5.74) is 12.5. The second-order valence-corrected chi connectivity index (χ2v) is 3.77. The van der Waals surface area contributed by atoms with E-state index in [9.17, 15) is 0 Å². The summed E-state index contributed by atoms with van der Waals surface area (Å²) in [6.07, 6.45) is 3.71. The van der Waals surface area contributed by atoms with Crippen molar-refractivity contribution in [3.8, 4) is 0 Å². The van der Waals surface area contributed by atoms with Crippen LogP contribution in [0.15, 0.2) is 18.2 Å². The number of pyridine rings is 1. The first-order chi connectivity index (χ1) is 6.25. The Labute approximate surface area is 78.1 Å². The average Bonchev–Trinajstić information content (AvgIpc) is 2.88. The molecule has 1 atom stereocenters. The number of hydrogen-bond donors (Lipinski definition) is 2. The fraction of sp³-hybridized carbons (Fsp3) is 0.500. The van der Waals surface area contributed by atoms with E-state index < -0.39 is 0 Å². The van der Waals surface area contributed by atoms with E-state index in [-0.39, 0.29) is 6.04 Å². The summed E-state index contributed by atoms with van der Waals surface area (Å²) in [7, 11) is 0. The maximum absolute atomic E-state index is 5.99. The van der Waals surface area contributed by atoms with Gasteiger partial charge in [0.15, 0.2) is 0 Å². The van der Waals surface area contributed by atoms with Crippen molar-refractivity contribution in [2.24, 2.45) is 11.7 Å². The Morgan fingerprint density at radius 1 is 1.46 bits per heavy atom. The van der Waals surface area contributed by atoms with Crippen LogP contribution in [0.25, 0.3) is 0 Å². The lowest BCUT2D eigenvalue weighted by Crippen LogP contribution is -2.13. The molecule has 0 saturated heterocycles. The van der Waals surface area contributed by atoms with E-state index in [0.717, 1.165) is 18.0 Å². The summed E-state index contributed by atoms with van der Waals surface area (Å²) < 4.78 is 0. The second-order valence-electron chi connectivity index (χ2n) is 3.77. The molecule has 0 aromatic carbocycles. The molecule has 0 aliphatic heterocycles. The van der Waals surface area contributed by atoms with Gasteiger partial charge in [0.25, 0.3) is 0 Å². The van der Waals surface area contributed by atoms with Crippen molar-refractivity contribution in [1.82, 2.24) is 4.98 Å². The highest BCUT2D eigenvalue weighted by Gasteiger charge is 2.24. The Morgan fingerprint density at radius 3 is 2.85 bits per heavy atom. The molecule has 70 valence electrons. The van der Waals surface area contributed by atoms with Gasteiger partial charge in [-0.3, -0.25) is 0 Å². The zero-order valence-corrected chi connectivity index (χ0v) is 7.61. The molecule has 1 saturated carbocycles. The first-order valence-corrected chi connectivity index (χ1v) is 4.73. The van der Waals surface area contributed by atoms with Crippen molar-refractivity contribution in [3.63, 3.8) is 0 Å². The van der Waals surface area contributed by atoms with Gasteiger partial charge in [-0.25, -0.2) is 4.98 Å². The van der Waals surface area contributed by atoms with E-state index in [1.54, 1.807) is 6.07 Å². The first kappa shape index (κ1) is 8.51. The quantitative estimate of drug-likeness (QED) is 0.734. The molecule has 1 heterocycles. The molecule has 1 aromatic heterocycles. The molecule has 1 aliphatic rings. The molecule has 0 amide bonds. The predicted molar refractivity (Wildman–Crippen MR) is 52.9 cm³/mol. The predicted octanol–water partition coefficient (Wildman–Crippen LogP) is 1.46. The smallest absolute Gasteiger partial charge is 0.123 e. The summed E-state index contributed by atoms with van der Waals surface area (Å²) >= 11 is 0. The summed E-state index contributed by atoms with van der Waals surface area (Å²) in [5.74, 6) is 1.39. The first-order valence-electron chi connectivity index (χ1n) is 4.73. The van der Waals surface area contributed by atoms with E-state index in [4.69, 9.17) is 11.5 Å². The Morgan fingerprint density at radius 2 is 2.23 bits per heavy atom. The lowest BCUT2D eigenvalue weighted by Gasteiger charge is -2.10. The molecular weight excluding hydrogens is 162 g/mol. The standard InChI is InChI=1S/C10H15N3/c11-8(6-7-4-5-7)9-2-1-3-10(12)13-9/h1-3,7-8H,4-6,11H2,(H2,12,13)/t8-/m0/s1. The topological polar surface area (TPSA) is 64.9 Å². The van der Waals surface area contributed by atoms with Crippen molar-refractivity contribution >= 4 is 5.82 Å². The lowest BCUT2D eigenvalue weighted by atomic mass is 10.1. The van der Waals surface area contributed by atoms with Crippen molar-refractivity contribution < 1.29 is 0 Å². The van der Waals surface area contributed by atoms with Gasteiger partial charge >= 0.3 is 0 Å². The third-order valence-corrected chi connectivity index (χ3v) is 2.46. The van der Waals surface area contributed by atoms with Crippen LogP contribution in [-0.2, 0) is 0 Å². The van der Waals surface area contributed by atoms with Gasteiger partial charge in [0.05, 0.1) is 5.69 Å². The van der Waals surface area contributed by atoms with Crippen molar-refractivity contribution in [2.75, 3.05) is 5.73 Å². The monoisotopic (exact) mass is 177 g/mol. The third-order valence-electron chi connectivity index (χ3n) is 2.46. The fourth-order valence-corrected chi connectivity index (χ4v) is 1.51. The van der Waals surface area contributed by atoms with Crippen LogP contribution >= 0.6 is 0 Å². The van der Waals surface area contributed by atoms with Crippen LogP contribution < -0.4 is 11.5 Å². The molecule has 1 aromatic rings. The third kappa shape index (κ3) is 2.18. The highest BCUT2D eigenvalue weighted by molar-refractivity contribution is 5.29. The number of rotatable bonds is 3. The summed E-state index contributed by atoms with van der Waals surface area (Å²) in [4.78, 5) is 4.21. The Hall–Kier alpha value is -1.09. The minimum Gasteiger partial charge on any atom is -0.384 e. The Bertz CT molecular complexity index is 294. The van der Waals surface area contributed by atoms with E-state index in [1.807, 2.05) is 12.1 Å². The van der Waals surface area contributed by atoms with Crippen molar-refractivity contribution in [3.05, 3.63) is 23.9 Å². The number of nitrogens with zero attached hydrogens (tertiary/aromatic N) is 1. The van der Waals surface area contributed by atoms with Gasteiger partial charge in [-0.2, -0.15) is 0 Å². The van der Waals surface area contributed by atoms with E-state index in [1.165, 1.54) is 12.8 Å².